The fourth-order valence-corrected chi connectivity index (χ4v) is 2.93. The van der Waals surface area contributed by atoms with Gasteiger partial charge in [-0.1, -0.05) is 34.8 Å². The van der Waals surface area contributed by atoms with Crippen LogP contribution in [0.25, 0.3) is 10.9 Å². The Morgan fingerprint density at radius 1 is 1.29 bits per heavy atom. The maximum absolute atomic E-state index is 12.3. The molecule has 1 aromatic heterocycles. The van der Waals surface area contributed by atoms with Crippen LogP contribution >= 0.6 is 46.8 Å². The Balaban J connectivity index is 2.86. The van der Waals surface area contributed by atoms with E-state index in [4.69, 9.17) is 34.8 Å². The lowest BCUT2D eigenvalue weighted by atomic mass is 10.2. The van der Waals surface area contributed by atoms with Crippen molar-refractivity contribution in [3.05, 3.63) is 49.2 Å². The van der Waals surface area contributed by atoms with Gasteiger partial charge in [0.05, 0.1) is 15.8 Å². The predicted molar refractivity (Wildman–Crippen MR) is 83.4 cm³/mol. The molecule has 0 aliphatic heterocycles. The third-order valence-electron chi connectivity index (χ3n) is 2.62. The van der Waals surface area contributed by atoms with Gasteiger partial charge in [0, 0.05) is 31.1 Å². The Bertz CT molecular complexity index is 855. The van der Waals surface area contributed by atoms with Gasteiger partial charge >= 0.3 is 5.69 Å². The largest absolute Gasteiger partial charge is 0.341 e. The van der Waals surface area contributed by atoms with E-state index < -0.39 is 19.3 Å². The van der Waals surface area contributed by atoms with Gasteiger partial charge in [-0.05, 0) is 6.07 Å². The van der Waals surface area contributed by atoms with E-state index in [1.807, 2.05) is 0 Å². The number of nitro benzene ring substituents is 1. The summed E-state index contributed by atoms with van der Waals surface area (Å²) < 4.78 is -0.132. The third kappa shape index (κ3) is 3.18. The Morgan fingerprint density at radius 3 is 2.43 bits per heavy atom. The molecule has 0 amide bonds. The molecule has 112 valence electrons. The first kappa shape index (κ1) is 16.2. The number of nitrogens with zero attached hydrogens (tertiary/aromatic N) is 3. The van der Waals surface area contributed by atoms with Crippen molar-refractivity contribution in [2.45, 2.75) is 3.12 Å². The van der Waals surface area contributed by atoms with Crippen LogP contribution in [-0.4, -0.2) is 16.6 Å². The zero-order valence-corrected chi connectivity index (χ0v) is 13.3. The molecule has 0 aliphatic rings. The average Bonchev–Trinajstić information content (AvgIpc) is 2.39. The van der Waals surface area contributed by atoms with Crippen LogP contribution in [0.1, 0.15) is 0 Å². The second-order valence-corrected chi connectivity index (χ2v) is 8.05. The minimum absolute atomic E-state index is 0.0203. The molecule has 11 heteroatoms. The summed E-state index contributed by atoms with van der Waals surface area (Å²) in [4.78, 5) is 34.5. The number of halogens is 3. The molecule has 0 atom stereocenters. The Kier molecular flexibility index (Phi) is 4.25. The first-order chi connectivity index (χ1) is 9.61. The summed E-state index contributed by atoms with van der Waals surface area (Å²) in [6.07, 6.45) is 0. The van der Waals surface area contributed by atoms with Gasteiger partial charge < -0.3 is 0 Å². The molecule has 0 fully saturated rings. The zero-order valence-electron chi connectivity index (χ0n) is 10.2. The number of alkyl halides is 3. The molecule has 21 heavy (non-hydrogen) atoms. The molecule has 0 saturated heterocycles. The van der Waals surface area contributed by atoms with Gasteiger partial charge in [0.1, 0.15) is 0 Å². The van der Waals surface area contributed by atoms with Crippen LogP contribution in [-0.2, 0) is 7.05 Å². The van der Waals surface area contributed by atoms with Gasteiger partial charge in [0.25, 0.3) is 14.4 Å². The molecule has 1 aromatic carbocycles. The molecular formula is C10H6Cl3N3O4S. The average molecular weight is 371 g/mol. The molecule has 2 aromatic rings. The maximum atomic E-state index is 12.3. The highest BCUT2D eigenvalue weighted by atomic mass is 35.6. The van der Waals surface area contributed by atoms with Crippen LogP contribution < -0.4 is 11.2 Å². The second-order valence-electron chi connectivity index (χ2n) is 3.94. The van der Waals surface area contributed by atoms with E-state index in [1.165, 1.54) is 19.2 Å². The summed E-state index contributed by atoms with van der Waals surface area (Å²) in [6, 6.07) is 3.60. The first-order valence-electron chi connectivity index (χ1n) is 5.28. The van der Waals surface area contributed by atoms with Crippen molar-refractivity contribution in [1.82, 2.24) is 8.54 Å². The molecule has 0 unspecified atom stereocenters. The number of aryl methyl sites for hydroxylation is 1. The van der Waals surface area contributed by atoms with Gasteiger partial charge in [-0.25, -0.2) is 4.79 Å². The molecule has 0 N–H and O–H groups in total. The van der Waals surface area contributed by atoms with Gasteiger partial charge in [0.2, 0.25) is 0 Å². The topological polar surface area (TPSA) is 87.1 Å². The summed E-state index contributed by atoms with van der Waals surface area (Å²) in [5.74, 6) is 0. The standard InChI is InChI=1S/C10H6Cl3N3O4S/c1-14-7-3-2-5(16(19)20)4-6(7)8(17)15(9(14)18)21-10(11,12)13/h2-4H,1H3. The van der Waals surface area contributed by atoms with Crippen LogP contribution in [0.2, 0.25) is 0 Å². The summed E-state index contributed by atoms with van der Waals surface area (Å²) in [5, 5.41) is 10.8. The number of rotatable bonds is 2. The van der Waals surface area contributed by atoms with Crippen LogP contribution in [0, 0.1) is 10.1 Å². The molecule has 0 spiro atoms. The predicted octanol–water partition coefficient (Wildman–Crippen LogP) is 2.43. The smallest absolute Gasteiger partial charge is 0.295 e. The monoisotopic (exact) mass is 369 g/mol. The number of nitro groups is 1. The van der Waals surface area contributed by atoms with Crippen molar-refractivity contribution >= 4 is 63.3 Å². The third-order valence-corrected chi connectivity index (χ3v) is 3.96. The van der Waals surface area contributed by atoms with Crippen LogP contribution in [0.4, 0.5) is 5.69 Å². The molecule has 2 rings (SSSR count). The van der Waals surface area contributed by atoms with Gasteiger partial charge in [-0.3, -0.25) is 19.5 Å². The zero-order chi connectivity index (χ0) is 15.9. The fourth-order valence-electron chi connectivity index (χ4n) is 1.72. The number of non-ortho nitro benzene ring substituents is 1. The van der Waals surface area contributed by atoms with Gasteiger partial charge in [-0.15, -0.1) is 0 Å². The summed E-state index contributed by atoms with van der Waals surface area (Å²) in [7, 11) is 1.41. The quantitative estimate of drug-likeness (QED) is 0.460. The van der Waals surface area contributed by atoms with E-state index in [0.717, 1.165) is 10.6 Å². The highest BCUT2D eigenvalue weighted by Crippen LogP contribution is 2.38. The number of hydrogen-bond acceptors (Lipinski definition) is 5. The number of benzene rings is 1. The molecule has 0 saturated carbocycles. The van der Waals surface area contributed by atoms with Crippen LogP contribution in [0.5, 0.6) is 0 Å². The van der Waals surface area contributed by atoms with E-state index in [2.05, 4.69) is 0 Å². The van der Waals surface area contributed by atoms with Crippen molar-refractivity contribution in [2.24, 2.45) is 7.05 Å². The van der Waals surface area contributed by atoms with E-state index in [0.29, 0.717) is 15.9 Å². The minimum atomic E-state index is -1.93. The lowest BCUT2D eigenvalue weighted by Crippen LogP contribution is -2.37. The van der Waals surface area contributed by atoms with Crippen molar-refractivity contribution in [2.75, 3.05) is 0 Å². The number of fused-ring (bicyclic) bond motifs is 1. The summed E-state index contributed by atoms with van der Waals surface area (Å²) in [5.41, 5.74) is -1.52. The van der Waals surface area contributed by atoms with E-state index >= 15 is 0 Å². The minimum Gasteiger partial charge on any atom is -0.295 e. The van der Waals surface area contributed by atoms with Gasteiger partial charge in [-0.2, -0.15) is 3.97 Å². The van der Waals surface area contributed by atoms with E-state index in [1.54, 1.807) is 0 Å². The Morgan fingerprint density at radius 2 is 1.90 bits per heavy atom. The normalized spacial score (nSPS) is 11.8. The Labute approximate surface area is 136 Å². The van der Waals surface area contributed by atoms with Crippen molar-refractivity contribution in [1.29, 1.82) is 0 Å². The van der Waals surface area contributed by atoms with Crippen molar-refractivity contribution in [3.8, 4) is 0 Å². The molecule has 1 heterocycles. The number of aromatic nitrogens is 2. The van der Waals surface area contributed by atoms with Crippen LogP contribution in [0.15, 0.2) is 27.8 Å². The van der Waals surface area contributed by atoms with E-state index in [9.17, 15) is 19.7 Å². The Hall–Kier alpha value is -1.22. The molecule has 7 nitrogen and oxygen atoms in total. The SMILES string of the molecule is Cn1c(=O)n(SC(Cl)(Cl)Cl)c(=O)c2cc([N+](=O)[O-])ccc21. The van der Waals surface area contributed by atoms with Gasteiger partial charge in [0.15, 0.2) is 0 Å². The lowest BCUT2D eigenvalue weighted by Gasteiger charge is -2.13. The lowest BCUT2D eigenvalue weighted by molar-refractivity contribution is -0.384. The number of hydrogen-bond donors (Lipinski definition) is 0. The molecule has 0 radical (unpaired) electrons. The molecule has 0 aliphatic carbocycles. The summed E-state index contributed by atoms with van der Waals surface area (Å²) in [6.45, 7) is 0. The molecular weight excluding hydrogens is 365 g/mol. The summed E-state index contributed by atoms with van der Waals surface area (Å²) >= 11 is 17.1. The highest BCUT2D eigenvalue weighted by Gasteiger charge is 2.26. The second kappa shape index (κ2) is 5.53. The van der Waals surface area contributed by atoms with E-state index in [-0.39, 0.29) is 16.6 Å². The van der Waals surface area contributed by atoms with Crippen molar-refractivity contribution < 1.29 is 4.92 Å². The maximum Gasteiger partial charge on any atom is 0.341 e. The van der Waals surface area contributed by atoms with Crippen molar-refractivity contribution in [3.63, 3.8) is 0 Å². The van der Waals surface area contributed by atoms with Crippen LogP contribution in [0.3, 0.4) is 0 Å². The fraction of sp³-hybridized carbons (Fsp3) is 0.200. The first-order valence-corrected chi connectivity index (χ1v) is 7.19. The highest BCUT2D eigenvalue weighted by molar-refractivity contribution is 8.03. The molecule has 0 bridgehead atoms.